The summed E-state index contributed by atoms with van der Waals surface area (Å²) >= 11 is 0. The fraction of sp³-hybridized carbons (Fsp3) is 0.537. The molecule has 1 saturated carbocycles. The summed E-state index contributed by atoms with van der Waals surface area (Å²) in [7, 11) is 0. The minimum Gasteiger partial charge on any atom is -0.370 e. The Hall–Kier alpha value is -5.52. The predicted molar refractivity (Wildman–Crippen MR) is 211 cm³/mol. The number of anilines is 3. The molecule has 4 aliphatic heterocycles. The van der Waals surface area contributed by atoms with Crippen LogP contribution in [0.3, 0.4) is 0 Å². The zero-order valence-corrected chi connectivity index (χ0v) is 32.6. The van der Waals surface area contributed by atoms with Crippen LogP contribution in [0.4, 0.5) is 30.4 Å². The van der Waals surface area contributed by atoms with E-state index in [0.29, 0.717) is 64.0 Å². The maximum atomic E-state index is 14.3. The van der Waals surface area contributed by atoms with Crippen LogP contribution < -0.4 is 26.2 Å². The molecule has 1 aliphatic carbocycles. The van der Waals surface area contributed by atoms with Crippen molar-refractivity contribution in [1.29, 1.82) is 0 Å². The Morgan fingerprint density at radius 3 is 2.51 bits per heavy atom. The smallest absolute Gasteiger partial charge is 0.284 e. The number of amides is 4. The van der Waals surface area contributed by atoms with Gasteiger partial charge in [-0.3, -0.25) is 29.2 Å². The lowest BCUT2D eigenvalue weighted by molar-refractivity contribution is -0.139. The first-order chi connectivity index (χ1) is 28.4. The number of hydrogen-bond acceptors (Lipinski definition) is 10. The fourth-order valence-electron chi connectivity index (χ4n) is 9.76. The highest BCUT2D eigenvalue weighted by molar-refractivity contribution is 6.08. The third-order valence-electron chi connectivity index (χ3n) is 13.1. The normalized spacial score (nSPS) is 26.0. The van der Waals surface area contributed by atoms with Gasteiger partial charge in [-0.15, -0.1) is 0 Å². The number of piperidine rings is 3. The number of carbonyl (C=O) groups is 4. The number of carbonyl (C=O) groups excluding carboxylic acids is 4. The van der Waals surface area contributed by atoms with Gasteiger partial charge in [0.15, 0.2) is 11.3 Å². The van der Waals surface area contributed by atoms with Gasteiger partial charge in [-0.1, -0.05) is 12.1 Å². The zero-order chi connectivity index (χ0) is 41.0. The molecule has 7 heterocycles. The third-order valence-corrected chi connectivity index (χ3v) is 13.1. The molecule has 4 amide bonds. The molecule has 0 bridgehead atoms. The van der Waals surface area contributed by atoms with Crippen LogP contribution in [0.1, 0.15) is 97.8 Å². The first kappa shape index (κ1) is 39.0. The lowest BCUT2D eigenvalue weighted by Crippen LogP contribution is -2.61. The lowest BCUT2D eigenvalue weighted by Gasteiger charge is -2.55. The number of alkyl halides is 3. The van der Waals surface area contributed by atoms with Crippen molar-refractivity contribution in [3.8, 4) is 0 Å². The molecule has 18 heteroatoms. The first-order valence-corrected chi connectivity index (χ1v) is 20.6. The molecule has 4 N–H and O–H groups in total. The summed E-state index contributed by atoms with van der Waals surface area (Å²) in [6, 6.07) is 9.12. The Morgan fingerprint density at radius 1 is 1.00 bits per heavy atom. The van der Waals surface area contributed by atoms with E-state index in [2.05, 4.69) is 42.8 Å². The molecule has 1 spiro atoms. The molecule has 4 saturated heterocycles. The molecule has 9 rings (SSSR count). The number of benzene rings is 1. The van der Waals surface area contributed by atoms with Crippen LogP contribution in [0.5, 0.6) is 0 Å². The van der Waals surface area contributed by atoms with Gasteiger partial charge in [-0.25, -0.2) is 22.7 Å². The lowest BCUT2D eigenvalue weighted by atomic mass is 9.71. The molecule has 15 nitrogen and oxygen atoms in total. The minimum absolute atomic E-state index is 0.0621. The van der Waals surface area contributed by atoms with Gasteiger partial charge in [0.25, 0.3) is 12.3 Å². The minimum atomic E-state index is -2.94. The Balaban J connectivity index is 0.780. The molecule has 5 fully saturated rings. The highest BCUT2D eigenvalue weighted by Crippen LogP contribution is 2.44. The van der Waals surface area contributed by atoms with Crippen molar-refractivity contribution >= 4 is 46.5 Å². The van der Waals surface area contributed by atoms with Crippen LogP contribution in [0.25, 0.3) is 5.65 Å². The van der Waals surface area contributed by atoms with Gasteiger partial charge in [-0.05, 0) is 75.1 Å². The van der Waals surface area contributed by atoms with Crippen molar-refractivity contribution < 1.29 is 32.3 Å². The average molecular weight is 816 g/mol. The SMILES string of the molecule is N[C@@H]1C[C@@H](F)CN(c2ccn3ncc(C(=O)Nc4cn(C5CCC(C(=O)N6CCC7(CC6)CN(c6cccc(C8CCC(=O)NC8=O)c6)C7)CC5)nc4C(F)F)c3n2)C1. The molecule has 1 unspecified atom stereocenters. The second-order valence-corrected chi connectivity index (χ2v) is 17.1. The summed E-state index contributed by atoms with van der Waals surface area (Å²) in [5, 5.41) is 13.4. The number of nitrogens with two attached hydrogens (primary N) is 1. The van der Waals surface area contributed by atoms with E-state index in [4.69, 9.17) is 5.73 Å². The number of likely N-dealkylation sites (tertiary alicyclic amines) is 1. The summed E-state index contributed by atoms with van der Waals surface area (Å²) in [6.45, 7) is 3.68. The Morgan fingerprint density at radius 2 is 1.78 bits per heavy atom. The number of rotatable bonds is 8. The fourth-order valence-corrected chi connectivity index (χ4v) is 9.76. The quantitative estimate of drug-likeness (QED) is 0.217. The van der Waals surface area contributed by atoms with Crippen LogP contribution in [0, 0.1) is 11.3 Å². The highest BCUT2D eigenvalue weighted by Gasteiger charge is 2.46. The van der Waals surface area contributed by atoms with Gasteiger partial charge in [-0.2, -0.15) is 10.2 Å². The van der Waals surface area contributed by atoms with Gasteiger partial charge >= 0.3 is 0 Å². The van der Waals surface area contributed by atoms with E-state index in [9.17, 15) is 32.3 Å². The van der Waals surface area contributed by atoms with E-state index in [1.807, 2.05) is 17.0 Å². The van der Waals surface area contributed by atoms with E-state index < -0.39 is 24.2 Å². The van der Waals surface area contributed by atoms with E-state index in [0.717, 1.165) is 37.2 Å². The summed E-state index contributed by atoms with van der Waals surface area (Å²) in [5.41, 5.74) is 7.74. The molecule has 5 aliphatic rings. The van der Waals surface area contributed by atoms with Crippen molar-refractivity contribution in [2.45, 2.75) is 88.4 Å². The van der Waals surface area contributed by atoms with Gasteiger partial charge in [0.1, 0.15) is 17.6 Å². The molecule has 3 atom stereocenters. The summed E-state index contributed by atoms with van der Waals surface area (Å²) in [6.07, 6.45) is 5.61. The maximum Gasteiger partial charge on any atom is 0.284 e. The van der Waals surface area contributed by atoms with Crippen LogP contribution in [-0.2, 0) is 14.4 Å². The first-order valence-electron chi connectivity index (χ1n) is 20.6. The van der Waals surface area contributed by atoms with Crippen molar-refractivity contribution in [1.82, 2.24) is 34.6 Å². The van der Waals surface area contributed by atoms with Crippen LogP contribution in [0.2, 0.25) is 0 Å². The largest absolute Gasteiger partial charge is 0.370 e. The van der Waals surface area contributed by atoms with E-state index in [-0.39, 0.29) is 76.9 Å². The molecular formula is C41H48F3N11O4. The number of nitrogens with zero attached hydrogens (tertiary/aromatic N) is 8. The average Bonchev–Trinajstić information content (AvgIpc) is 3.84. The van der Waals surface area contributed by atoms with Gasteiger partial charge < -0.3 is 25.8 Å². The number of halogens is 3. The summed E-state index contributed by atoms with van der Waals surface area (Å²) < 4.78 is 45.7. The Labute approximate surface area is 338 Å². The molecule has 59 heavy (non-hydrogen) atoms. The molecule has 1 aromatic carbocycles. The van der Waals surface area contributed by atoms with Gasteiger partial charge in [0.05, 0.1) is 30.4 Å². The maximum absolute atomic E-state index is 14.3. The van der Waals surface area contributed by atoms with E-state index in [1.165, 1.54) is 21.6 Å². The Bertz CT molecular complexity index is 2250. The van der Waals surface area contributed by atoms with Gasteiger partial charge in [0, 0.05) is 74.6 Å². The molecule has 4 aromatic rings. The topological polar surface area (TPSA) is 176 Å². The van der Waals surface area contributed by atoms with E-state index in [1.54, 1.807) is 17.2 Å². The second-order valence-electron chi connectivity index (χ2n) is 17.1. The van der Waals surface area contributed by atoms with Crippen LogP contribution in [-0.4, -0.2) is 104 Å². The van der Waals surface area contributed by atoms with Crippen molar-refractivity contribution in [3.63, 3.8) is 0 Å². The van der Waals surface area contributed by atoms with Crippen molar-refractivity contribution in [2.75, 3.05) is 54.4 Å². The summed E-state index contributed by atoms with van der Waals surface area (Å²) in [4.78, 5) is 61.8. The van der Waals surface area contributed by atoms with Gasteiger partial charge in [0.2, 0.25) is 17.7 Å². The number of nitrogens with one attached hydrogen (secondary N) is 2. The number of imide groups is 1. The Kier molecular flexibility index (Phi) is 10.3. The molecule has 312 valence electrons. The monoisotopic (exact) mass is 815 g/mol. The molecular weight excluding hydrogens is 768 g/mol. The number of aromatic nitrogens is 5. The van der Waals surface area contributed by atoms with Crippen LogP contribution >= 0.6 is 0 Å². The highest BCUT2D eigenvalue weighted by atomic mass is 19.3. The number of hydrogen-bond donors (Lipinski definition) is 3. The zero-order valence-electron chi connectivity index (χ0n) is 32.6. The van der Waals surface area contributed by atoms with Crippen molar-refractivity contribution in [3.05, 3.63) is 65.7 Å². The molecule has 3 aromatic heterocycles. The third kappa shape index (κ3) is 7.74. The second kappa shape index (κ2) is 15.6. The molecule has 0 radical (unpaired) electrons. The predicted octanol–water partition coefficient (Wildman–Crippen LogP) is 4.37. The summed E-state index contributed by atoms with van der Waals surface area (Å²) in [5.74, 6) is -1.05. The van der Waals surface area contributed by atoms with Crippen molar-refractivity contribution in [2.24, 2.45) is 17.1 Å². The van der Waals surface area contributed by atoms with E-state index >= 15 is 0 Å². The van der Waals surface area contributed by atoms with Crippen LogP contribution in [0.15, 0.2) is 48.9 Å². The number of fused-ring (bicyclic) bond motifs is 1. The standard InChI is InChI=1S/C41H48F3N11O4/c42-26-17-27(45)20-52(19-26)33-10-13-54-37(48-33)31(18-46-54)39(58)47-32-21-55(50-35(32)36(43)44)28-6-4-24(5-7-28)40(59)51-14-11-41(12-15-51)22-53(23-41)29-3-1-2-25(16-29)30-8-9-34(56)49-38(30)57/h1-3,10,13,16,18,21,24,26-28,30,36H,4-9,11-12,14-15,17,19-20,22-23,45H2,(H,47,58)(H,49,56,57)/t24?,26-,27-,28?,30?/m1/s1.